The number of carbonyl (C=O) groups excluding carboxylic acids is 1. The van der Waals surface area contributed by atoms with E-state index in [9.17, 15) is 9.59 Å². The zero-order chi connectivity index (χ0) is 21.1. The minimum Gasteiger partial charge on any atom is -0.381 e. The molecule has 0 unspecified atom stereocenters. The van der Waals surface area contributed by atoms with E-state index < -0.39 is 0 Å². The highest BCUT2D eigenvalue weighted by Gasteiger charge is 2.34. The second-order valence-electron chi connectivity index (χ2n) is 9.34. The Morgan fingerprint density at radius 2 is 1.80 bits per heavy atom. The van der Waals surface area contributed by atoms with Gasteiger partial charge >= 0.3 is 0 Å². The normalized spacial score (nSPS) is 27.7. The molecule has 7 nitrogen and oxygen atoms in total. The molecule has 1 amide bonds. The van der Waals surface area contributed by atoms with Crippen molar-refractivity contribution in [1.29, 1.82) is 0 Å². The average molecular weight is 417 g/mol. The van der Waals surface area contributed by atoms with Crippen LogP contribution in [0.4, 0.5) is 0 Å². The van der Waals surface area contributed by atoms with E-state index >= 15 is 0 Å². The van der Waals surface area contributed by atoms with E-state index in [0.29, 0.717) is 17.9 Å². The number of likely N-dealkylation sites (tertiary alicyclic amines) is 2. The van der Waals surface area contributed by atoms with Gasteiger partial charge in [-0.15, -0.1) is 0 Å². The van der Waals surface area contributed by atoms with Gasteiger partial charge in [-0.1, -0.05) is 0 Å². The molecule has 3 aliphatic rings. The summed E-state index contributed by atoms with van der Waals surface area (Å²) >= 11 is 0. The molecule has 4 rings (SSSR count). The molecule has 2 atom stereocenters. The monoisotopic (exact) mass is 416 g/mol. The third-order valence-electron chi connectivity index (χ3n) is 7.27. The number of nitrogens with two attached hydrogens (primary N) is 1. The number of carbonyl (C=O) groups is 1. The van der Waals surface area contributed by atoms with Crippen LogP contribution in [0.25, 0.3) is 0 Å². The van der Waals surface area contributed by atoms with Gasteiger partial charge in [0.1, 0.15) is 0 Å². The Morgan fingerprint density at radius 3 is 2.50 bits per heavy atom. The van der Waals surface area contributed by atoms with E-state index in [0.717, 1.165) is 83.5 Å². The Kier molecular flexibility index (Phi) is 6.91. The van der Waals surface area contributed by atoms with Gasteiger partial charge in [0.15, 0.2) is 0 Å². The largest absolute Gasteiger partial charge is 0.381 e. The quantitative estimate of drug-likeness (QED) is 0.804. The predicted molar refractivity (Wildman–Crippen MR) is 116 cm³/mol. The van der Waals surface area contributed by atoms with Crippen molar-refractivity contribution >= 4 is 5.91 Å². The molecule has 3 aliphatic heterocycles. The van der Waals surface area contributed by atoms with Crippen LogP contribution in [0, 0.1) is 5.92 Å². The molecule has 0 aromatic carbocycles. The van der Waals surface area contributed by atoms with Crippen LogP contribution in [0.2, 0.25) is 0 Å². The van der Waals surface area contributed by atoms with Gasteiger partial charge in [-0.2, -0.15) is 0 Å². The summed E-state index contributed by atoms with van der Waals surface area (Å²) in [6, 6.07) is 4.43. The molecule has 3 saturated heterocycles. The lowest BCUT2D eigenvalue weighted by atomic mass is 9.89. The minimum atomic E-state index is 0.0361. The molecule has 0 aliphatic carbocycles. The molecule has 1 aromatic heterocycles. The zero-order valence-corrected chi connectivity index (χ0v) is 18.2. The maximum atomic E-state index is 13.4. The number of amides is 1. The van der Waals surface area contributed by atoms with Crippen molar-refractivity contribution in [2.24, 2.45) is 18.7 Å². The molecular formula is C23H36N4O3. The van der Waals surface area contributed by atoms with Gasteiger partial charge in [0.05, 0.1) is 5.92 Å². The standard InChI is InChI=1S/C23H36N4O3/c1-25-9-4-18(14-22(25)28)17-5-10-26(11-6-17)23(29)19-2-3-20(24)16-27(15-19)21-7-12-30-13-8-21/h4,9,14,17,19-21H,2-3,5-8,10-13,15-16,24H2,1H3/t19-,20+/m1/s1. The van der Waals surface area contributed by atoms with Crippen molar-refractivity contribution < 1.29 is 9.53 Å². The lowest BCUT2D eigenvalue weighted by molar-refractivity contribution is -0.137. The van der Waals surface area contributed by atoms with Crippen molar-refractivity contribution in [2.45, 2.75) is 56.5 Å². The predicted octanol–water partition coefficient (Wildman–Crippen LogP) is 1.31. The Hall–Kier alpha value is -1.70. The molecule has 0 saturated carbocycles. The maximum Gasteiger partial charge on any atom is 0.250 e. The van der Waals surface area contributed by atoms with E-state index in [1.165, 1.54) is 0 Å². The first-order chi connectivity index (χ1) is 14.5. The average Bonchev–Trinajstić information content (AvgIpc) is 2.98. The summed E-state index contributed by atoms with van der Waals surface area (Å²) in [5, 5.41) is 0. The first kappa shape index (κ1) is 21.5. The Balaban J connectivity index is 1.36. The highest BCUT2D eigenvalue weighted by Crippen LogP contribution is 2.29. The Morgan fingerprint density at radius 1 is 1.07 bits per heavy atom. The molecule has 166 valence electrons. The van der Waals surface area contributed by atoms with Gasteiger partial charge in [-0.25, -0.2) is 0 Å². The molecule has 3 fully saturated rings. The van der Waals surface area contributed by atoms with Gasteiger partial charge < -0.3 is 19.9 Å². The van der Waals surface area contributed by atoms with Gasteiger partial charge in [-0.05, 0) is 56.1 Å². The van der Waals surface area contributed by atoms with Gasteiger partial charge in [0.25, 0.3) is 5.56 Å². The summed E-state index contributed by atoms with van der Waals surface area (Å²) in [6.07, 6.45) is 7.57. The Labute approximate surface area is 179 Å². The summed E-state index contributed by atoms with van der Waals surface area (Å²) < 4.78 is 7.12. The lowest BCUT2D eigenvalue weighted by Crippen LogP contribution is -2.48. The van der Waals surface area contributed by atoms with Gasteiger partial charge in [0.2, 0.25) is 5.91 Å². The molecule has 7 heteroatoms. The maximum absolute atomic E-state index is 13.4. The first-order valence-electron chi connectivity index (χ1n) is 11.5. The number of rotatable bonds is 3. The van der Waals surface area contributed by atoms with E-state index in [4.69, 9.17) is 10.5 Å². The number of ether oxygens (including phenoxy) is 1. The number of aromatic nitrogens is 1. The fraction of sp³-hybridized carbons (Fsp3) is 0.739. The summed E-state index contributed by atoms with van der Waals surface area (Å²) in [4.78, 5) is 29.8. The van der Waals surface area contributed by atoms with Crippen LogP contribution in [-0.2, 0) is 16.6 Å². The molecule has 4 heterocycles. The smallest absolute Gasteiger partial charge is 0.250 e. The number of piperidine rings is 1. The van der Waals surface area contributed by atoms with Crippen molar-refractivity contribution in [1.82, 2.24) is 14.4 Å². The molecule has 2 N–H and O–H groups in total. The number of hydrogen-bond donors (Lipinski definition) is 1. The SMILES string of the molecule is Cn1ccc(C2CCN(C(=O)[C@@H]3CC[C@H](N)CN(C4CCOCC4)C3)CC2)cc1=O. The zero-order valence-electron chi connectivity index (χ0n) is 18.2. The molecular weight excluding hydrogens is 380 g/mol. The molecule has 0 spiro atoms. The fourth-order valence-electron chi connectivity index (χ4n) is 5.32. The summed E-state index contributed by atoms with van der Waals surface area (Å²) in [5.41, 5.74) is 7.50. The second-order valence-corrected chi connectivity index (χ2v) is 9.34. The van der Waals surface area contributed by atoms with E-state index in [1.807, 2.05) is 12.3 Å². The number of aryl methyl sites for hydroxylation is 1. The van der Waals surface area contributed by atoms with Crippen LogP contribution in [0.5, 0.6) is 0 Å². The Bertz CT molecular complexity index is 781. The number of hydrogen-bond acceptors (Lipinski definition) is 5. The molecule has 1 aromatic rings. The van der Waals surface area contributed by atoms with E-state index in [1.54, 1.807) is 17.7 Å². The number of pyridine rings is 1. The third kappa shape index (κ3) is 4.95. The van der Waals surface area contributed by atoms with Crippen molar-refractivity contribution in [2.75, 3.05) is 39.4 Å². The molecule has 0 radical (unpaired) electrons. The topological polar surface area (TPSA) is 80.8 Å². The van der Waals surface area contributed by atoms with Crippen LogP contribution in [0.1, 0.15) is 50.0 Å². The minimum absolute atomic E-state index is 0.0361. The number of nitrogens with zero attached hydrogens (tertiary/aromatic N) is 3. The van der Waals surface area contributed by atoms with Crippen molar-refractivity contribution in [3.8, 4) is 0 Å². The highest BCUT2D eigenvalue weighted by molar-refractivity contribution is 5.79. The van der Waals surface area contributed by atoms with Crippen molar-refractivity contribution in [3.63, 3.8) is 0 Å². The fourth-order valence-corrected chi connectivity index (χ4v) is 5.32. The van der Waals surface area contributed by atoms with Crippen LogP contribution in [0.3, 0.4) is 0 Å². The van der Waals surface area contributed by atoms with Crippen molar-refractivity contribution in [3.05, 3.63) is 34.2 Å². The van der Waals surface area contributed by atoms with E-state index in [2.05, 4.69) is 9.80 Å². The molecule has 30 heavy (non-hydrogen) atoms. The first-order valence-corrected chi connectivity index (χ1v) is 11.5. The van der Waals surface area contributed by atoms with Gasteiger partial charge in [-0.3, -0.25) is 14.5 Å². The van der Waals surface area contributed by atoms with Crippen LogP contribution < -0.4 is 11.3 Å². The summed E-state index contributed by atoms with van der Waals surface area (Å²) in [7, 11) is 1.77. The highest BCUT2D eigenvalue weighted by atomic mass is 16.5. The van der Waals surface area contributed by atoms with Crippen LogP contribution >= 0.6 is 0 Å². The van der Waals surface area contributed by atoms with E-state index in [-0.39, 0.29) is 17.5 Å². The third-order valence-corrected chi connectivity index (χ3v) is 7.27. The second kappa shape index (κ2) is 9.62. The summed E-state index contributed by atoms with van der Waals surface area (Å²) in [5.74, 6) is 0.704. The van der Waals surface area contributed by atoms with Crippen LogP contribution in [-0.4, -0.2) is 71.8 Å². The summed E-state index contributed by atoms with van der Waals surface area (Å²) in [6.45, 7) is 4.89. The van der Waals surface area contributed by atoms with Gasteiger partial charge in [0, 0.05) is 70.8 Å². The van der Waals surface area contributed by atoms with Crippen LogP contribution in [0.15, 0.2) is 23.1 Å². The lowest BCUT2D eigenvalue weighted by Gasteiger charge is -2.38. The molecule has 0 bridgehead atoms.